The number of phenolic OH excluding ortho intramolecular Hbond substituents is 1. The number of benzene rings is 3. The fraction of sp³-hybridized carbons (Fsp3) is 0.296. The predicted molar refractivity (Wildman–Crippen MR) is 131 cm³/mol. The second kappa shape index (κ2) is 8.94. The molecular weight excluding hydrogens is 448 g/mol. The second-order valence-corrected chi connectivity index (χ2v) is 8.47. The van der Waals surface area contributed by atoms with Crippen molar-refractivity contribution < 1.29 is 28.8 Å². The third-order valence-electron chi connectivity index (χ3n) is 6.44. The van der Waals surface area contributed by atoms with Gasteiger partial charge in [0.25, 0.3) is 0 Å². The first-order valence-corrected chi connectivity index (χ1v) is 11.3. The zero-order chi connectivity index (χ0) is 24.7. The molecule has 2 aliphatic rings. The molecule has 5 rings (SSSR count). The largest absolute Gasteiger partial charge is 0.507 e. The van der Waals surface area contributed by atoms with E-state index in [4.69, 9.17) is 28.8 Å². The maximum atomic E-state index is 10.6. The summed E-state index contributed by atoms with van der Waals surface area (Å²) >= 11 is 0. The molecule has 0 amide bonds. The number of hydrazone groups is 1. The minimum atomic E-state index is -0.595. The maximum absolute atomic E-state index is 10.6. The number of hydrogen-bond donors (Lipinski definition) is 1. The molecule has 3 aromatic carbocycles. The Balaban J connectivity index is 1.67. The molecule has 2 aliphatic heterocycles. The number of methoxy groups -OCH3 is 4. The molecule has 0 saturated heterocycles. The van der Waals surface area contributed by atoms with Crippen LogP contribution in [0, 0.1) is 6.92 Å². The molecule has 0 aliphatic carbocycles. The average Bonchev–Trinajstić information content (AvgIpc) is 3.33. The van der Waals surface area contributed by atoms with E-state index in [0.29, 0.717) is 40.7 Å². The van der Waals surface area contributed by atoms with Crippen molar-refractivity contribution in [3.63, 3.8) is 0 Å². The lowest BCUT2D eigenvalue weighted by Crippen LogP contribution is -2.34. The second-order valence-electron chi connectivity index (χ2n) is 8.47. The Bertz CT molecular complexity index is 1280. The standard InChI is InChI=1S/C27H28N2O6/c1-15-9-10-21(30)18(11-15)19-14-20-17-7-6-8-22(31-2)25(17)35-27(29(20)28-19)16-12-23(32-3)26(34-5)24(13-16)33-4/h6-13,20,27,30H,14H2,1-5H3. The van der Waals surface area contributed by atoms with Crippen LogP contribution >= 0.6 is 0 Å². The summed E-state index contributed by atoms with van der Waals surface area (Å²) in [6, 6.07) is 15.0. The highest BCUT2D eigenvalue weighted by Crippen LogP contribution is 2.52. The third-order valence-corrected chi connectivity index (χ3v) is 6.44. The molecule has 0 bridgehead atoms. The minimum Gasteiger partial charge on any atom is -0.507 e. The van der Waals surface area contributed by atoms with Crippen LogP contribution in [0.3, 0.4) is 0 Å². The summed E-state index contributed by atoms with van der Waals surface area (Å²) in [6.07, 6.45) is 0.00327. The van der Waals surface area contributed by atoms with Gasteiger partial charge in [-0.1, -0.05) is 23.8 Å². The molecule has 8 nitrogen and oxygen atoms in total. The average molecular weight is 477 g/mol. The summed E-state index contributed by atoms with van der Waals surface area (Å²) in [5, 5.41) is 17.5. The van der Waals surface area contributed by atoms with Crippen LogP contribution in [0.15, 0.2) is 53.6 Å². The van der Waals surface area contributed by atoms with Crippen LogP contribution in [-0.2, 0) is 0 Å². The lowest BCUT2D eigenvalue weighted by molar-refractivity contribution is -0.0211. The summed E-state index contributed by atoms with van der Waals surface area (Å²) < 4.78 is 28.8. The van der Waals surface area contributed by atoms with E-state index in [1.165, 1.54) is 0 Å². The molecule has 1 N–H and O–H groups in total. The number of aryl methyl sites for hydroxylation is 1. The molecule has 0 radical (unpaired) electrons. The molecule has 2 atom stereocenters. The van der Waals surface area contributed by atoms with Crippen molar-refractivity contribution in [2.75, 3.05) is 28.4 Å². The number of ether oxygens (including phenoxy) is 5. The van der Waals surface area contributed by atoms with E-state index < -0.39 is 6.23 Å². The number of aromatic hydroxyl groups is 1. The number of phenols is 1. The highest BCUT2D eigenvalue weighted by atomic mass is 16.5. The summed E-state index contributed by atoms with van der Waals surface area (Å²) in [7, 11) is 6.36. The van der Waals surface area contributed by atoms with Gasteiger partial charge in [-0.3, -0.25) is 0 Å². The predicted octanol–water partition coefficient (Wildman–Crippen LogP) is 4.98. The number of nitrogens with zero attached hydrogens (tertiary/aromatic N) is 2. The van der Waals surface area contributed by atoms with E-state index in [2.05, 4.69) is 0 Å². The van der Waals surface area contributed by atoms with Crippen LogP contribution in [-0.4, -0.2) is 44.3 Å². The Morgan fingerprint density at radius 1 is 0.914 bits per heavy atom. The molecule has 0 spiro atoms. The van der Waals surface area contributed by atoms with E-state index in [0.717, 1.165) is 22.4 Å². The first-order valence-electron chi connectivity index (χ1n) is 11.3. The van der Waals surface area contributed by atoms with E-state index >= 15 is 0 Å². The van der Waals surface area contributed by atoms with Gasteiger partial charge in [0.15, 0.2) is 23.0 Å². The molecule has 0 fully saturated rings. The van der Waals surface area contributed by atoms with Crippen LogP contribution in [0.4, 0.5) is 0 Å². The normalized spacial score (nSPS) is 18.2. The number of rotatable bonds is 6. The van der Waals surface area contributed by atoms with Crippen LogP contribution in [0.5, 0.6) is 34.5 Å². The quantitative estimate of drug-likeness (QED) is 0.537. The highest BCUT2D eigenvalue weighted by molar-refractivity contribution is 6.04. The van der Waals surface area contributed by atoms with E-state index in [1.807, 2.05) is 54.4 Å². The van der Waals surface area contributed by atoms with Crippen LogP contribution in [0.2, 0.25) is 0 Å². The zero-order valence-electron chi connectivity index (χ0n) is 20.4. The van der Waals surface area contributed by atoms with Crippen LogP contribution in [0.1, 0.15) is 40.9 Å². The fourth-order valence-corrected chi connectivity index (χ4v) is 4.75. The molecule has 182 valence electrons. The van der Waals surface area contributed by atoms with Gasteiger partial charge in [-0.15, -0.1) is 0 Å². The van der Waals surface area contributed by atoms with Gasteiger partial charge in [0.2, 0.25) is 12.0 Å². The van der Waals surface area contributed by atoms with E-state index in [-0.39, 0.29) is 11.8 Å². The van der Waals surface area contributed by atoms with Gasteiger partial charge in [0, 0.05) is 23.1 Å². The lowest BCUT2D eigenvalue weighted by Gasteiger charge is -2.38. The third kappa shape index (κ3) is 3.75. The molecule has 2 unspecified atom stereocenters. The van der Waals surface area contributed by atoms with Gasteiger partial charge in [0.1, 0.15) is 5.75 Å². The Hall–Kier alpha value is -4.07. The summed E-state index contributed by atoms with van der Waals surface area (Å²) in [6.45, 7) is 1.99. The first-order chi connectivity index (χ1) is 17.0. The van der Waals surface area contributed by atoms with Crippen LogP contribution in [0.25, 0.3) is 0 Å². The van der Waals surface area contributed by atoms with E-state index in [9.17, 15) is 5.11 Å². The van der Waals surface area contributed by atoms with Gasteiger partial charge in [-0.25, -0.2) is 5.01 Å². The van der Waals surface area contributed by atoms with Crippen molar-refractivity contribution >= 4 is 5.71 Å². The lowest BCUT2D eigenvalue weighted by atomic mass is 9.94. The molecule has 0 saturated carbocycles. The van der Waals surface area contributed by atoms with Gasteiger partial charge in [-0.2, -0.15) is 5.10 Å². The molecule has 0 aromatic heterocycles. The van der Waals surface area contributed by atoms with Crippen molar-refractivity contribution in [2.45, 2.75) is 25.6 Å². The number of fused-ring (bicyclic) bond motifs is 3. The Kier molecular flexibility index (Phi) is 5.80. The number of hydrogen-bond acceptors (Lipinski definition) is 8. The summed E-state index contributed by atoms with van der Waals surface area (Å²) in [4.78, 5) is 0. The number of para-hydroxylation sites is 1. The van der Waals surface area contributed by atoms with E-state index in [1.54, 1.807) is 34.5 Å². The monoisotopic (exact) mass is 476 g/mol. The fourth-order valence-electron chi connectivity index (χ4n) is 4.75. The van der Waals surface area contributed by atoms with Gasteiger partial charge < -0.3 is 28.8 Å². The molecule has 2 heterocycles. The molecule has 35 heavy (non-hydrogen) atoms. The van der Waals surface area contributed by atoms with Crippen molar-refractivity contribution in [3.05, 3.63) is 70.8 Å². The topological polar surface area (TPSA) is 82.0 Å². The van der Waals surface area contributed by atoms with Crippen molar-refractivity contribution in [1.29, 1.82) is 0 Å². The summed E-state index contributed by atoms with van der Waals surface area (Å²) in [5.74, 6) is 3.05. The van der Waals surface area contributed by atoms with Gasteiger partial charge in [0.05, 0.1) is 40.2 Å². The Labute approximate surface area is 204 Å². The Morgan fingerprint density at radius 3 is 2.29 bits per heavy atom. The van der Waals surface area contributed by atoms with Crippen molar-refractivity contribution in [3.8, 4) is 34.5 Å². The Morgan fingerprint density at radius 2 is 1.63 bits per heavy atom. The maximum Gasteiger partial charge on any atom is 0.214 e. The molecule has 8 heteroatoms. The summed E-state index contributed by atoms with van der Waals surface area (Å²) in [5.41, 5.74) is 4.30. The molecule has 3 aromatic rings. The SMILES string of the molecule is COc1cc(C2Oc3c(OC)cccc3C3CC(c4cc(C)ccc4O)=NN32)cc(OC)c1OC. The zero-order valence-corrected chi connectivity index (χ0v) is 20.4. The van der Waals surface area contributed by atoms with Crippen molar-refractivity contribution in [2.24, 2.45) is 5.10 Å². The first kappa shape index (κ1) is 22.7. The van der Waals surface area contributed by atoms with Crippen molar-refractivity contribution in [1.82, 2.24) is 5.01 Å². The molecular formula is C27H28N2O6. The van der Waals surface area contributed by atoms with Gasteiger partial charge >= 0.3 is 0 Å². The highest BCUT2D eigenvalue weighted by Gasteiger charge is 2.43. The minimum absolute atomic E-state index is 0.118. The van der Waals surface area contributed by atoms with Crippen LogP contribution < -0.4 is 23.7 Å². The van der Waals surface area contributed by atoms with Gasteiger partial charge in [-0.05, 0) is 37.3 Å². The smallest absolute Gasteiger partial charge is 0.214 e.